The number of nitrogens with zero attached hydrogens (tertiary/aromatic N) is 11. The molecule has 43 heavy (non-hydrogen) atoms. The lowest BCUT2D eigenvalue weighted by Crippen LogP contribution is -2.26. The molecule has 5 aromatic heterocycles. The molecular formula is C31H38N12. The van der Waals surface area contributed by atoms with Crippen molar-refractivity contribution in [1.82, 2.24) is 58.2 Å². The van der Waals surface area contributed by atoms with Gasteiger partial charge in [-0.1, -0.05) is 30.3 Å². The third-order valence-electron chi connectivity index (χ3n) is 7.88. The van der Waals surface area contributed by atoms with Crippen LogP contribution in [0.25, 0.3) is 11.1 Å². The predicted octanol–water partition coefficient (Wildman–Crippen LogP) is 3.42. The standard InChI is InChI=1S/C31H38N12/c1-38-14-10-32-27(38)20-42(21-28-33-11-15-39(28)2)18-25-31(24-8-6-5-7-9-24)26(37-36-25)19-43(22-29-34-12-16-40(29)3)23-30-35-13-17-41(30)4/h5-17H,18-23H2,1-4H3,(H,36,37). The van der Waals surface area contributed by atoms with Gasteiger partial charge in [0, 0.05) is 96.4 Å². The summed E-state index contributed by atoms with van der Waals surface area (Å²) >= 11 is 0. The fourth-order valence-electron chi connectivity index (χ4n) is 5.36. The molecule has 0 unspecified atom stereocenters. The molecule has 1 N–H and O–H groups in total. The summed E-state index contributed by atoms with van der Waals surface area (Å²) < 4.78 is 8.25. The zero-order chi connectivity index (χ0) is 29.8. The van der Waals surface area contributed by atoms with E-state index < -0.39 is 0 Å². The van der Waals surface area contributed by atoms with Crippen LogP contribution in [-0.4, -0.2) is 58.2 Å². The highest BCUT2D eigenvalue weighted by Gasteiger charge is 2.23. The topological polar surface area (TPSA) is 106 Å². The Morgan fingerprint density at radius 1 is 0.558 bits per heavy atom. The Labute approximate surface area is 251 Å². The van der Waals surface area contributed by atoms with Crippen LogP contribution in [0.4, 0.5) is 0 Å². The number of benzene rings is 1. The zero-order valence-electron chi connectivity index (χ0n) is 25.2. The van der Waals surface area contributed by atoms with Crippen LogP contribution in [0.2, 0.25) is 0 Å². The molecule has 12 nitrogen and oxygen atoms in total. The number of hydrogen-bond acceptors (Lipinski definition) is 7. The second kappa shape index (κ2) is 12.6. The molecule has 0 fully saturated rings. The SMILES string of the molecule is Cn1ccnc1CN(Cc1n[nH]c(CN(Cc2nccn2C)Cc2nccn2C)c1-c1ccccc1)Cc1nccn1C. The Hall–Kier alpha value is -4.81. The van der Waals surface area contributed by atoms with E-state index in [1.807, 2.05) is 83.8 Å². The number of nitrogens with one attached hydrogen (secondary N) is 1. The summed E-state index contributed by atoms with van der Waals surface area (Å²) in [7, 11) is 8.12. The lowest BCUT2D eigenvalue weighted by atomic mass is 10.0. The fourth-order valence-corrected chi connectivity index (χ4v) is 5.36. The van der Waals surface area contributed by atoms with Crippen LogP contribution in [0, 0.1) is 0 Å². The third kappa shape index (κ3) is 6.50. The average Bonchev–Trinajstić information content (AvgIpc) is 3.84. The summed E-state index contributed by atoms with van der Waals surface area (Å²) in [5, 5.41) is 8.35. The van der Waals surface area contributed by atoms with Crippen molar-refractivity contribution in [2.24, 2.45) is 28.2 Å². The van der Waals surface area contributed by atoms with Gasteiger partial charge in [-0.25, -0.2) is 19.9 Å². The first-order valence-electron chi connectivity index (χ1n) is 14.4. The maximum absolute atomic E-state index is 4.93. The van der Waals surface area contributed by atoms with Gasteiger partial charge in [0.2, 0.25) is 0 Å². The molecule has 222 valence electrons. The van der Waals surface area contributed by atoms with Crippen LogP contribution in [-0.2, 0) is 67.5 Å². The van der Waals surface area contributed by atoms with Gasteiger partial charge in [-0.05, 0) is 5.56 Å². The van der Waals surface area contributed by atoms with E-state index in [1.54, 1.807) is 0 Å². The van der Waals surface area contributed by atoms with Gasteiger partial charge in [-0.3, -0.25) is 14.9 Å². The fraction of sp³-hybridized carbons (Fsp3) is 0.323. The Balaban J connectivity index is 1.34. The van der Waals surface area contributed by atoms with Crippen molar-refractivity contribution in [2.75, 3.05) is 0 Å². The molecule has 1 aromatic carbocycles. The second-order valence-electron chi connectivity index (χ2n) is 11.0. The van der Waals surface area contributed by atoms with Gasteiger partial charge in [0.25, 0.3) is 0 Å². The molecule has 0 aliphatic carbocycles. The number of imidazole rings is 4. The van der Waals surface area contributed by atoms with Crippen molar-refractivity contribution in [3.05, 3.63) is 115 Å². The smallest absolute Gasteiger partial charge is 0.122 e. The quantitative estimate of drug-likeness (QED) is 0.224. The highest BCUT2D eigenvalue weighted by molar-refractivity contribution is 5.68. The van der Waals surface area contributed by atoms with Gasteiger partial charge in [0.15, 0.2) is 0 Å². The minimum atomic E-state index is 0.624. The van der Waals surface area contributed by atoms with Crippen molar-refractivity contribution >= 4 is 0 Å². The molecule has 0 aliphatic heterocycles. The van der Waals surface area contributed by atoms with Gasteiger partial charge in [0.05, 0.1) is 37.6 Å². The highest BCUT2D eigenvalue weighted by Crippen LogP contribution is 2.29. The molecule has 6 rings (SSSR count). The second-order valence-corrected chi connectivity index (χ2v) is 11.0. The minimum Gasteiger partial charge on any atom is -0.337 e. The Morgan fingerprint density at radius 3 is 1.37 bits per heavy atom. The highest BCUT2D eigenvalue weighted by atomic mass is 15.3. The van der Waals surface area contributed by atoms with E-state index >= 15 is 0 Å². The Morgan fingerprint density at radius 2 is 0.977 bits per heavy atom. The van der Waals surface area contributed by atoms with E-state index in [4.69, 9.17) is 5.10 Å². The van der Waals surface area contributed by atoms with E-state index in [9.17, 15) is 0 Å². The molecule has 12 heteroatoms. The number of hydrogen-bond donors (Lipinski definition) is 1. The molecule has 0 saturated heterocycles. The largest absolute Gasteiger partial charge is 0.337 e. The van der Waals surface area contributed by atoms with E-state index in [1.165, 1.54) is 0 Å². The van der Waals surface area contributed by atoms with E-state index in [-0.39, 0.29) is 0 Å². The molecule has 0 spiro atoms. The maximum atomic E-state index is 4.93. The first-order valence-corrected chi connectivity index (χ1v) is 14.4. The van der Waals surface area contributed by atoms with E-state index in [0.29, 0.717) is 39.3 Å². The number of aromatic nitrogens is 10. The maximum Gasteiger partial charge on any atom is 0.122 e. The molecule has 0 aliphatic rings. The summed E-state index contributed by atoms with van der Waals surface area (Å²) in [4.78, 5) is 23.1. The molecule has 6 aromatic rings. The van der Waals surface area contributed by atoms with Gasteiger partial charge in [-0.15, -0.1) is 0 Å². The normalized spacial score (nSPS) is 11.8. The molecule has 5 heterocycles. The van der Waals surface area contributed by atoms with Gasteiger partial charge in [-0.2, -0.15) is 5.10 Å². The monoisotopic (exact) mass is 578 g/mol. The van der Waals surface area contributed by atoms with Crippen molar-refractivity contribution in [3.63, 3.8) is 0 Å². The van der Waals surface area contributed by atoms with Gasteiger partial charge >= 0.3 is 0 Å². The number of H-pyrrole nitrogens is 1. The number of rotatable bonds is 13. The lowest BCUT2D eigenvalue weighted by molar-refractivity contribution is 0.227. The van der Waals surface area contributed by atoms with Crippen LogP contribution in [0.5, 0.6) is 0 Å². The van der Waals surface area contributed by atoms with Crippen LogP contribution in [0.15, 0.2) is 79.9 Å². The summed E-state index contributed by atoms with van der Waals surface area (Å²) in [6, 6.07) is 10.5. The van der Waals surface area contributed by atoms with Crippen LogP contribution < -0.4 is 0 Å². The van der Waals surface area contributed by atoms with E-state index in [2.05, 4.69) is 77.4 Å². The van der Waals surface area contributed by atoms with Crippen molar-refractivity contribution < 1.29 is 0 Å². The Kier molecular flexibility index (Phi) is 8.29. The van der Waals surface area contributed by atoms with Crippen LogP contribution in [0.3, 0.4) is 0 Å². The van der Waals surface area contributed by atoms with Crippen molar-refractivity contribution in [1.29, 1.82) is 0 Å². The van der Waals surface area contributed by atoms with Crippen LogP contribution in [0.1, 0.15) is 34.7 Å². The summed E-state index contributed by atoms with van der Waals surface area (Å²) in [5.74, 6) is 3.96. The number of aromatic amines is 1. The van der Waals surface area contributed by atoms with Gasteiger partial charge < -0.3 is 18.3 Å². The zero-order valence-corrected chi connectivity index (χ0v) is 25.2. The van der Waals surface area contributed by atoms with Crippen molar-refractivity contribution in [3.8, 4) is 11.1 Å². The molecule has 0 saturated carbocycles. The van der Waals surface area contributed by atoms with E-state index in [0.717, 1.165) is 45.8 Å². The average molecular weight is 579 g/mol. The minimum absolute atomic E-state index is 0.624. The summed E-state index contributed by atoms with van der Waals surface area (Å²) in [6.45, 7) is 3.94. The first kappa shape index (κ1) is 28.3. The molecule has 0 bridgehead atoms. The van der Waals surface area contributed by atoms with Crippen molar-refractivity contribution in [2.45, 2.75) is 39.3 Å². The third-order valence-corrected chi connectivity index (χ3v) is 7.88. The molecule has 0 radical (unpaired) electrons. The molecule has 0 amide bonds. The molecular weight excluding hydrogens is 540 g/mol. The summed E-state index contributed by atoms with van der Waals surface area (Å²) in [6.07, 6.45) is 15.3. The van der Waals surface area contributed by atoms with Crippen LogP contribution >= 0.6 is 0 Å². The predicted molar refractivity (Wildman–Crippen MR) is 163 cm³/mol. The first-order chi connectivity index (χ1) is 20.9. The molecule has 0 atom stereocenters. The summed E-state index contributed by atoms with van der Waals surface area (Å²) in [5.41, 5.74) is 4.29. The van der Waals surface area contributed by atoms with Gasteiger partial charge in [0.1, 0.15) is 23.3 Å². The Bertz CT molecular complexity index is 1560. The number of aryl methyl sites for hydroxylation is 4. The lowest BCUT2D eigenvalue weighted by Gasteiger charge is -2.23.